The number of halogens is 1. The Morgan fingerprint density at radius 2 is 2.04 bits per heavy atom. The van der Waals surface area contributed by atoms with Crippen molar-refractivity contribution in [3.63, 3.8) is 0 Å². The number of hydroxylamine groups is 1. The predicted molar refractivity (Wildman–Crippen MR) is 81.3 cm³/mol. The molecule has 1 heterocycles. The van der Waals surface area contributed by atoms with E-state index in [2.05, 4.69) is 5.32 Å². The molecule has 132 valence electrons. The summed E-state index contributed by atoms with van der Waals surface area (Å²) in [5.74, 6) is -3.21. The van der Waals surface area contributed by atoms with Gasteiger partial charge in [-0.3, -0.25) is 19.6 Å². The Bertz CT molecular complexity index is 433. The molecule has 0 aliphatic carbocycles. The van der Waals surface area contributed by atoms with Crippen LogP contribution in [0.25, 0.3) is 0 Å². The van der Waals surface area contributed by atoms with Gasteiger partial charge in [0, 0.05) is 13.1 Å². The maximum atomic E-state index is 14.2. The highest BCUT2D eigenvalue weighted by Gasteiger charge is 2.41. The van der Waals surface area contributed by atoms with Crippen molar-refractivity contribution in [3.05, 3.63) is 0 Å². The zero-order chi connectivity index (χ0) is 17.4. The summed E-state index contributed by atoms with van der Waals surface area (Å²) in [6, 6.07) is -0.615. The van der Waals surface area contributed by atoms with Gasteiger partial charge >= 0.3 is 0 Å². The van der Waals surface area contributed by atoms with Gasteiger partial charge in [0.1, 0.15) is 6.04 Å². The van der Waals surface area contributed by atoms with Gasteiger partial charge in [-0.15, -0.1) is 0 Å². The largest absolute Gasteiger partial charge is 0.355 e. The number of carbonyl (C=O) groups is 3. The first-order valence-electron chi connectivity index (χ1n) is 8.14. The molecule has 0 aromatic heterocycles. The van der Waals surface area contributed by atoms with Crippen LogP contribution < -0.4 is 10.8 Å². The number of amides is 3. The van der Waals surface area contributed by atoms with E-state index in [-0.39, 0.29) is 12.3 Å². The fourth-order valence-electron chi connectivity index (χ4n) is 2.87. The molecule has 3 N–H and O–H groups in total. The number of nitrogens with one attached hydrogen (secondary N) is 2. The quantitative estimate of drug-likeness (QED) is 0.452. The summed E-state index contributed by atoms with van der Waals surface area (Å²) in [7, 11) is 0. The first-order valence-corrected chi connectivity index (χ1v) is 8.14. The minimum atomic E-state index is -2.13. The van der Waals surface area contributed by atoms with Crippen molar-refractivity contribution >= 4 is 17.7 Å². The van der Waals surface area contributed by atoms with Crippen molar-refractivity contribution < 1.29 is 24.0 Å². The number of unbranched alkanes of at least 4 members (excludes halogenated alkanes) is 1. The fraction of sp³-hybridized carbons (Fsp3) is 0.800. The molecular formula is C15H26FN3O4. The van der Waals surface area contributed by atoms with Crippen LogP contribution in [0.3, 0.4) is 0 Å². The Hall–Kier alpha value is -1.70. The van der Waals surface area contributed by atoms with E-state index in [1.54, 1.807) is 6.92 Å². The molecule has 1 fully saturated rings. The lowest BCUT2D eigenvalue weighted by atomic mass is 9.94. The van der Waals surface area contributed by atoms with Gasteiger partial charge in [0.15, 0.2) is 6.17 Å². The standard InChI is InChI=1S/C15H26FN3O4/c1-3-5-7-10(12(16)14(21)18-23)15(22)19-9-6-8-11(19)13(20)17-4-2/h10-12,23H,3-9H2,1-2H3,(H,17,20)(H,18,21)/t10-,11?,12+/m1/s1. The minimum absolute atomic E-state index is 0.197. The number of carbonyl (C=O) groups excluding carboxylic acids is 3. The number of alkyl halides is 1. The van der Waals surface area contributed by atoms with Crippen LogP contribution >= 0.6 is 0 Å². The van der Waals surface area contributed by atoms with Gasteiger partial charge in [-0.25, -0.2) is 9.87 Å². The summed E-state index contributed by atoms with van der Waals surface area (Å²) in [6.45, 7) is 4.51. The van der Waals surface area contributed by atoms with E-state index in [0.717, 1.165) is 6.42 Å². The summed E-state index contributed by atoms with van der Waals surface area (Å²) in [6.07, 6.45) is 0.585. The second-order valence-corrected chi connectivity index (χ2v) is 5.71. The van der Waals surface area contributed by atoms with E-state index in [1.165, 1.54) is 10.4 Å². The number of hydrogen-bond acceptors (Lipinski definition) is 4. The maximum absolute atomic E-state index is 14.2. The van der Waals surface area contributed by atoms with Gasteiger partial charge in [0.05, 0.1) is 5.92 Å². The lowest BCUT2D eigenvalue weighted by molar-refractivity contribution is -0.149. The van der Waals surface area contributed by atoms with Crippen molar-refractivity contribution in [1.29, 1.82) is 0 Å². The first-order chi connectivity index (χ1) is 11.0. The molecule has 0 radical (unpaired) electrons. The average Bonchev–Trinajstić information content (AvgIpc) is 3.03. The van der Waals surface area contributed by atoms with Crippen LogP contribution in [0.2, 0.25) is 0 Å². The van der Waals surface area contributed by atoms with Gasteiger partial charge in [-0.05, 0) is 26.2 Å². The molecule has 0 aromatic rings. The predicted octanol–water partition coefficient (Wildman–Crippen LogP) is 0.763. The van der Waals surface area contributed by atoms with E-state index < -0.39 is 29.9 Å². The molecule has 1 saturated heterocycles. The second-order valence-electron chi connectivity index (χ2n) is 5.71. The van der Waals surface area contributed by atoms with Crippen LogP contribution in [0.15, 0.2) is 0 Å². The van der Waals surface area contributed by atoms with Gasteiger partial charge in [-0.1, -0.05) is 19.8 Å². The van der Waals surface area contributed by atoms with Crippen LogP contribution in [-0.2, 0) is 14.4 Å². The Kier molecular flexibility index (Phi) is 7.94. The molecule has 1 aliphatic rings. The van der Waals surface area contributed by atoms with Crippen LogP contribution in [-0.4, -0.2) is 53.1 Å². The summed E-state index contributed by atoms with van der Waals surface area (Å²) in [4.78, 5) is 37.4. The molecule has 0 saturated carbocycles. The van der Waals surface area contributed by atoms with Crippen molar-refractivity contribution in [3.8, 4) is 0 Å². The van der Waals surface area contributed by atoms with E-state index in [9.17, 15) is 18.8 Å². The number of hydrogen-bond donors (Lipinski definition) is 3. The van der Waals surface area contributed by atoms with Crippen LogP contribution in [0, 0.1) is 5.92 Å². The lowest BCUT2D eigenvalue weighted by Gasteiger charge is -2.29. The van der Waals surface area contributed by atoms with E-state index in [1.807, 2.05) is 6.92 Å². The third-order valence-corrected chi connectivity index (χ3v) is 4.09. The highest BCUT2D eigenvalue weighted by Crippen LogP contribution is 2.25. The molecule has 23 heavy (non-hydrogen) atoms. The van der Waals surface area contributed by atoms with E-state index in [4.69, 9.17) is 5.21 Å². The van der Waals surface area contributed by atoms with Crippen molar-refractivity contribution in [2.75, 3.05) is 13.1 Å². The smallest absolute Gasteiger partial charge is 0.278 e. The number of nitrogens with zero attached hydrogens (tertiary/aromatic N) is 1. The highest BCUT2D eigenvalue weighted by molar-refractivity contribution is 5.92. The molecule has 7 nitrogen and oxygen atoms in total. The molecule has 1 rings (SSSR count). The zero-order valence-electron chi connectivity index (χ0n) is 13.7. The van der Waals surface area contributed by atoms with Crippen LogP contribution in [0.5, 0.6) is 0 Å². The van der Waals surface area contributed by atoms with Crippen molar-refractivity contribution in [1.82, 2.24) is 15.7 Å². The molecule has 0 bridgehead atoms. The third-order valence-electron chi connectivity index (χ3n) is 4.09. The average molecular weight is 331 g/mol. The van der Waals surface area contributed by atoms with Gasteiger partial charge in [-0.2, -0.15) is 0 Å². The maximum Gasteiger partial charge on any atom is 0.278 e. The monoisotopic (exact) mass is 331 g/mol. The molecule has 0 spiro atoms. The van der Waals surface area contributed by atoms with Crippen molar-refractivity contribution in [2.45, 2.75) is 58.2 Å². The summed E-state index contributed by atoms with van der Waals surface area (Å²) < 4.78 is 14.2. The molecular weight excluding hydrogens is 305 g/mol. The molecule has 3 atom stereocenters. The summed E-state index contributed by atoms with van der Waals surface area (Å²) >= 11 is 0. The normalized spacial score (nSPS) is 20.0. The number of likely N-dealkylation sites (tertiary alicyclic amines) is 1. The fourth-order valence-corrected chi connectivity index (χ4v) is 2.87. The third kappa shape index (κ3) is 4.89. The Morgan fingerprint density at radius 3 is 2.61 bits per heavy atom. The lowest BCUT2D eigenvalue weighted by Crippen LogP contribution is -2.50. The summed E-state index contributed by atoms with van der Waals surface area (Å²) in [5.41, 5.74) is 1.26. The topological polar surface area (TPSA) is 98.7 Å². The van der Waals surface area contributed by atoms with Gasteiger partial charge in [0.25, 0.3) is 5.91 Å². The first kappa shape index (κ1) is 19.3. The Balaban J connectivity index is 2.89. The molecule has 1 unspecified atom stereocenters. The van der Waals surface area contributed by atoms with Crippen LogP contribution in [0.4, 0.5) is 4.39 Å². The SMILES string of the molecule is CCCC[C@@H](C(=O)N1CCCC1C(=O)NCC)[C@H](F)C(=O)NO. The van der Waals surface area contributed by atoms with Crippen LogP contribution in [0.1, 0.15) is 46.0 Å². The number of likely N-dealkylation sites (N-methyl/N-ethyl adjacent to an activating group) is 1. The zero-order valence-corrected chi connectivity index (χ0v) is 13.7. The molecule has 8 heteroatoms. The van der Waals surface area contributed by atoms with Gasteiger partial charge < -0.3 is 10.2 Å². The molecule has 3 amide bonds. The summed E-state index contributed by atoms with van der Waals surface area (Å²) in [5, 5.41) is 11.3. The second kappa shape index (κ2) is 9.44. The minimum Gasteiger partial charge on any atom is -0.355 e. The van der Waals surface area contributed by atoms with E-state index >= 15 is 0 Å². The molecule has 0 aromatic carbocycles. The highest BCUT2D eigenvalue weighted by atomic mass is 19.1. The Labute approximate surface area is 135 Å². The van der Waals surface area contributed by atoms with E-state index in [0.29, 0.717) is 32.4 Å². The molecule has 1 aliphatic heterocycles. The van der Waals surface area contributed by atoms with Crippen molar-refractivity contribution in [2.24, 2.45) is 5.92 Å². The Morgan fingerprint density at radius 1 is 1.35 bits per heavy atom. The van der Waals surface area contributed by atoms with Gasteiger partial charge in [0.2, 0.25) is 11.8 Å². The number of rotatable bonds is 8.